The molecule has 1 aromatic carbocycles. The van der Waals surface area contributed by atoms with E-state index in [9.17, 15) is 10.1 Å². The first-order valence-corrected chi connectivity index (χ1v) is 12.5. The maximum Gasteiger partial charge on any atom is 0.238 e. The van der Waals surface area contributed by atoms with Gasteiger partial charge in [0.2, 0.25) is 5.91 Å². The number of carbonyl (C=O) groups excluding carboxylic acids is 1. The van der Waals surface area contributed by atoms with Crippen molar-refractivity contribution in [3.63, 3.8) is 0 Å². The molecule has 1 saturated carbocycles. The second kappa shape index (κ2) is 8.53. The Morgan fingerprint density at radius 2 is 2.09 bits per heavy atom. The SMILES string of the molecule is N#C[C@H](Cc1ccc(N2CCC3C2CCN3C2COC2)cc1F)NC(=O)C1NC2CCC1C2. The second-order valence-electron chi connectivity index (χ2n) is 10.4. The van der Waals surface area contributed by atoms with Gasteiger partial charge in [-0.3, -0.25) is 9.69 Å². The van der Waals surface area contributed by atoms with E-state index in [-0.39, 0.29) is 24.2 Å². The summed E-state index contributed by atoms with van der Waals surface area (Å²) >= 11 is 0. The van der Waals surface area contributed by atoms with Gasteiger partial charge >= 0.3 is 0 Å². The number of carbonyl (C=O) groups is 1. The predicted molar refractivity (Wildman–Crippen MR) is 121 cm³/mol. The number of benzene rings is 1. The molecule has 6 atom stereocenters. The van der Waals surface area contributed by atoms with E-state index in [1.165, 1.54) is 0 Å². The first kappa shape index (κ1) is 21.3. The molecule has 1 aliphatic carbocycles. The van der Waals surface area contributed by atoms with Crippen LogP contribution < -0.4 is 15.5 Å². The summed E-state index contributed by atoms with van der Waals surface area (Å²) in [6.45, 7) is 3.69. The molecule has 8 heteroatoms. The van der Waals surface area contributed by atoms with Crippen molar-refractivity contribution >= 4 is 11.6 Å². The van der Waals surface area contributed by atoms with Gasteiger partial charge in [-0.1, -0.05) is 6.07 Å². The highest BCUT2D eigenvalue weighted by Crippen LogP contribution is 2.38. The average Bonchev–Trinajstić information content (AvgIpc) is 3.56. The van der Waals surface area contributed by atoms with Crippen molar-refractivity contribution in [1.82, 2.24) is 15.5 Å². The molecule has 0 radical (unpaired) electrons. The van der Waals surface area contributed by atoms with Gasteiger partial charge in [0.05, 0.1) is 31.4 Å². The molecular weight excluding hydrogens is 421 g/mol. The van der Waals surface area contributed by atoms with E-state index in [1.807, 2.05) is 6.07 Å². The normalized spacial score (nSPS) is 34.2. The molecule has 2 bridgehead atoms. The van der Waals surface area contributed by atoms with E-state index in [2.05, 4.69) is 26.5 Å². The molecule has 5 unspecified atom stereocenters. The fourth-order valence-corrected chi connectivity index (χ4v) is 6.85. The third-order valence-corrected chi connectivity index (χ3v) is 8.62. The highest BCUT2D eigenvalue weighted by atomic mass is 19.1. The lowest BCUT2D eigenvalue weighted by Crippen LogP contribution is -2.52. The van der Waals surface area contributed by atoms with Gasteiger partial charge in [0.25, 0.3) is 0 Å². The second-order valence-corrected chi connectivity index (χ2v) is 10.4. The molecule has 0 aromatic heterocycles. The van der Waals surface area contributed by atoms with Crippen molar-refractivity contribution in [3.8, 4) is 6.07 Å². The van der Waals surface area contributed by atoms with Gasteiger partial charge in [-0.05, 0) is 55.7 Å². The van der Waals surface area contributed by atoms with Gasteiger partial charge in [-0.2, -0.15) is 5.26 Å². The largest absolute Gasteiger partial charge is 0.378 e. The van der Waals surface area contributed by atoms with Gasteiger partial charge in [0.1, 0.15) is 11.9 Å². The third kappa shape index (κ3) is 3.80. The summed E-state index contributed by atoms with van der Waals surface area (Å²) in [5.74, 6) is -0.0692. The summed E-state index contributed by atoms with van der Waals surface area (Å²) in [6, 6.07) is 8.51. The van der Waals surface area contributed by atoms with Gasteiger partial charge in [0.15, 0.2) is 0 Å². The lowest BCUT2D eigenvalue weighted by Gasteiger charge is -2.38. The van der Waals surface area contributed by atoms with E-state index in [4.69, 9.17) is 4.74 Å². The number of likely N-dealkylation sites (tertiary alicyclic amines) is 1. The quantitative estimate of drug-likeness (QED) is 0.681. The van der Waals surface area contributed by atoms with Crippen LogP contribution in [0, 0.1) is 23.1 Å². The standard InChI is InChI=1S/C25H32FN5O2/c26-21-11-19(30-7-5-23-22(30)6-8-31(23)20-13-33-14-20)4-2-15(21)9-18(12-27)29-25(32)24-16-1-3-17(10-16)28-24/h2,4,11,16-18,20,22-24,28H,1,3,5-10,13-14H2,(H,29,32)/t16?,17?,18-,22?,23?,24?/m0/s1. The number of hydrogen-bond acceptors (Lipinski definition) is 6. The summed E-state index contributed by atoms with van der Waals surface area (Å²) in [6.07, 6.45) is 5.60. The number of nitrogens with zero attached hydrogens (tertiary/aromatic N) is 3. The predicted octanol–water partition coefficient (Wildman–Crippen LogP) is 1.57. The van der Waals surface area contributed by atoms with Crippen molar-refractivity contribution in [3.05, 3.63) is 29.6 Å². The monoisotopic (exact) mass is 453 g/mol. The summed E-state index contributed by atoms with van der Waals surface area (Å²) in [5.41, 5.74) is 1.39. The van der Waals surface area contributed by atoms with E-state index >= 15 is 4.39 Å². The average molecular weight is 454 g/mol. The molecule has 6 rings (SSSR count). The number of ether oxygens (including phenoxy) is 1. The zero-order valence-corrected chi connectivity index (χ0v) is 18.9. The Labute approximate surface area is 194 Å². The van der Waals surface area contributed by atoms with Crippen LogP contribution in [0.2, 0.25) is 0 Å². The van der Waals surface area contributed by atoms with Crippen molar-refractivity contribution in [2.45, 2.75) is 74.8 Å². The van der Waals surface area contributed by atoms with Crippen LogP contribution in [-0.4, -0.2) is 73.4 Å². The maximum absolute atomic E-state index is 15.1. The Balaban J connectivity index is 1.09. The molecule has 7 nitrogen and oxygen atoms in total. The van der Waals surface area contributed by atoms with E-state index in [0.717, 1.165) is 64.1 Å². The number of nitriles is 1. The van der Waals surface area contributed by atoms with Crippen LogP contribution in [-0.2, 0) is 16.0 Å². The number of amides is 1. The Hall–Kier alpha value is -2.21. The Kier molecular flexibility index (Phi) is 5.52. The minimum absolute atomic E-state index is 0.128. The molecule has 1 amide bonds. The smallest absolute Gasteiger partial charge is 0.238 e. The Bertz CT molecular complexity index is 963. The highest BCUT2D eigenvalue weighted by molar-refractivity contribution is 5.83. The molecule has 4 saturated heterocycles. The molecule has 4 aliphatic heterocycles. The van der Waals surface area contributed by atoms with Gasteiger partial charge < -0.3 is 20.3 Å². The van der Waals surface area contributed by atoms with Crippen molar-refractivity contribution in [2.75, 3.05) is 31.2 Å². The summed E-state index contributed by atoms with van der Waals surface area (Å²) in [4.78, 5) is 17.6. The first-order chi connectivity index (χ1) is 16.1. The van der Waals surface area contributed by atoms with Crippen LogP contribution in [0.25, 0.3) is 0 Å². The minimum Gasteiger partial charge on any atom is -0.378 e. The number of anilines is 1. The number of nitrogens with one attached hydrogen (secondary N) is 2. The molecule has 5 aliphatic rings. The van der Waals surface area contributed by atoms with Gasteiger partial charge in [0, 0.05) is 43.3 Å². The lowest BCUT2D eigenvalue weighted by molar-refractivity contribution is -0.124. The number of hydrogen-bond donors (Lipinski definition) is 2. The molecule has 5 fully saturated rings. The van der Waals surface area contributed by atoms with Crippen LogP contribution in [0.5, 0.6) is 0 Å². The van der Waals surface area contributed by atoms with E-state index < -0.39 is 6.04 Å². The van der Waals surface area contributed by atoms with Gasteiger partial charge in [-0.15, -0.1) is 0 Å². The molecule has 4 heterocycles. The Morgan fingerprint density at radius 1 is 1.24 bits per heavy atom. The van der Waals surface area contributed by atoms with Crippen LogP contribution in [0.4, 0.5) is 10.1 Å². The van der Waals surface area contributed by atoms with Crippen molar-refractivity contribution in [1.29, 1.82) is 5.26 Å². The fourth-order valence-electron chi connectivity index (χ4n) is 6.85. The molecule has 0 spiro atoms. The Morgan fingerprint density at radius 3 is 2.76 bits per heavy atom. The molecule has 1 aromatic rings. The lowest BCUT2D eigenvalue weighted by atomic mass is 9.98. The highest BCUT2D eigenvalue weighted by Gasteiger charge is 2.46. The van der Waals surface area contributed by atoms with Crippen molar-refractivity contribution < 1.29 is 13.9 Å². The summed E-state index contributed by atoms with van der Waals surface area (Å²) < 4.78 is 20.5. The third-order valence-electron chi connectivity index (χ3n) is 8.62. The molecule has 2 N–H and O–H groups in total. The van der Waals surface area contributed by atoms with E-state index in [1.54, 1.807) is 12.1 Å². The van der Waals surface area contributed by atoms with Gasteiger partial charge in [-0.25, -0.2) is 4.39 Å². The maximum atomic E-state index is 15.1. The van der Waals surface area contributed by atoms with Crippen LogP contribution in [0.15, 0.2) is 18.2 Å². The zero-order valence-electron chi connectivity index (χ0n) is 18.9. The van der Waals surface area contributed by atoms with Crippen LogP contribution in [0.1, 0.15) is 37.7 Å². The molecule has 33 heavy (non-hydrogen) atoms. The minimum atomic E-state index is -0.733. The first-order valence-electron chi connectivity index (χ1n) is 12.5. The zero-order chi connectivity index (χ0) is 22.5. The van der Waals surface area contributed by atoms with Crippen LogP contribution in [0.3, 0.4) is 0 Å². The number of piperidine rings is 1. The van der Waals surface area contributed by atoms with E-state index in [0.29, 0.717) is 35.6 Å². The van der Waals surface area contributed by atoms with Crippen molar-refractivity contribution in [2.24, 2.45) is 5.92 Å². The summed E-state index contributed by atoms with van der Waals surface area (Å²) in [5, 5.41) is 15.8. The van der Waals surface area contributed by atoms with Crippen LogP contribution >= 0.6 is 0 Å². The molecule has 176 valence electrons. The molecular formula is C25H32FN5O2. The topological polar surface area (TPSA) is 80.6 Å². The summed E-state index contributed by atoms with van der Waals surface area (Å²) in [7, 11) is 0. The number of rotatable bonds is 6. The fraction of sp³-hybridized carbons (Fsp3) is 0.680. The number of halogens is 1. The number of fused-ring (bicyclic) bond motifs is 3.